The Balaban J connectivity index is 1.73. The molecule has 0 N–H and O–H groups in total. The van der Waals surface area contributed by atoms with Gasteiger partial charge >= 0.3 is 0 Å². The van der Waals surface area contributed by atoms with Crippen LogP contribution in [0.15, 0.2) is 106 Å². The van der Waals surface area contributed by atoms with Gasteiger partial charge in [0.05, 0.1) is 10.7 Å². The van der Waals surface area contributed by atoms with Crippen LogP contribution in [-0.4, -0.2) is 5.04 Å². The van der Waals surface area contributed by atoms with Crippen LogP contribution in [0.1, 0.15) is 11.1 Å². The molecule has 3 heteroatoms. The summed E-state index contributed by atoms with van der Waals surface area (Å²) in [7, 11) is 0. The zero-order valence-electron chi connectivity index (χ0n) is 14.7. The molecule has 0 radical (unpaired) electrons. The van der Waals surface area contributed by atoms with Crippen molar-refractivity contribution in [3.8, 4) is 0 Å². The molecule has 0 atom stereocenters. The van der Waals surface area contributed by atoms with Gasteiger partial charge in [0.15, 0.2) is 0 Å². The maximum absolute atomic E-state index is 4.81. The lowest BCUT2D eigenvalue weighted by atomic mass is 10.2. The molecule has 0 bridgehead atoms. The van der Waals surface area contributed by atoms with E-state index in [1.165, 1.54) is 16.0 Å². The molecule has 130 valence electrons. The summed E-state index contributed by atoms with van der Waals surface area (Å²) in [6, 6.07) is 29.1. The van der Waals surface area contributed by atoms with E-state index in [4.69, 9.17) is 4.99 Å². The first-order valence-electron chi connectivity index (χ1n) is 8.50. The number of nitrogens with zero attached hydrogens (tertiary/aromatic N) is 1. The number of hydrogen-bond acceptors (Lipinski definition) is 3. The molecular weight excluding hydrogens is 354 g/mol. The highest BCUT2D eigenvalue weighted by atomic mass is 32.2. The summed E-state index contributed by atoms with van der Waals surface area (Å²) in [6.07, 6.45) is 2.11. The van der Waals surface area contributed by atoms with Gasteiger partial charge in [0.1, 0.15) is 0 Å². The Labute approximate surface area is 164 Å². The Hall–Kier alpha value is -2.23. The van der Waals surface area contributed by atoms with Gasteiger partial charge in [-0.05, 0) is 47.7 Å². The highest BCUT2D eigenvalue weighted by Gasteiger charge is 2.00. The van der Waals surface area contributed by atoms with Gasteiger partial charge in [0.25, 0.3) is 0 Å². The second-order valence-corrected chi connectivity index (χ2v) is 7.69. The maximum atomic E-state index is 4.81. The SMILES string of the molecule is Cc1ccccc1SC=CC(=Nc1ccccc1)SCc1ccccc1. The number of thioether (sulfide) groups is 2. The lowest BCUT2D eigenvalue weighted by Crippen LogP contribution is -1.89. The first-order valence-corrected chi connectivity index (χ1v) is 10.4. The van der Waals surface area contributed by atoms with Crippen molar-refractivity contribution >= 4 is 34.3 Å². The van der Waals surface area contributed by atoms with Gasteiger partial charge in [-0.1, -0.05) is 78.5 Å². The number of hydrogen-bond donors (Lipinski definition) is 0. The van der Waals surface area contributed by atoms with Gasteiger partial charge in [-0.15, -0.1) is 11.8 Å². The van der Waals surface area contributed by atoms with Crippen LogP contribution in [0.4, 0.5) is 5.69 Å². The summed E-state index contributed by atoms with van der Waals surface area (Å²) in [6.45, 7) is 2.14. The van der Waals surface area contributed by atoms with Gasteiger partial charge in [0, 0.05) is 10.6 Å². The Morgan fingerprint density at radius 1 is 0.846 bits per heavy atom. The summed E-state index contributed by atoms with van der Waals surface area (Å²) < 4.78 is 0. The fourth-order valence-electron chi connectivity index (χ4n) is 2.33. The predicted molar refractivity (Wildman–Crippen MR) is 117 cm³/mol. The first-order chi connectivity index (χ1) is 12.8. The molecule has 0 saturated heterocycles. The van der Waals surface area contributed by atoms with E-state index < -0.39 is 0 Å². The van der Waals surface area contributed by atoms with Crippen LogP contribution in [-0.2, 0) is 5.75 Å². The van der Waals surface area contributed by atoms with Gasteiger partial charge in [-0.2, -0.15) is 0 Å². The molecule has 0 spiro atoms. The van der Waals surface area contributed by atoms with Crippen molar-refractivity contribution in [3.63, 3.8) is 0 Å². The van der Waals surface area contributed by atoms with E-state index in [0.29, 0.717) is 0 Å². The molecule has 0 aromatic heterocycles. The van der Waals surface area contributed by atoms with Crippen molar-refractivity contribution < 1.29 is 0 Å². The Bertz CT molecular complexity index is 871. The number of aliphatic imine (C=N–C) groups is 1. The van der Waals surface area contributed by atoms with E-state index in [1.54, 1.807) is 23.5 Å². The zero-order chi connectivity index (χ0) is 18.0. The molecule has 3 aromatic carbocycles. The number of aryl methyl sites for hydroxylation is 1. The topological polar surface area (TPSA) is 12.4 Å². The molecule has 0 fully saturated rings. The summed E-state index contributed by atoms with van der Waals surface area (Å²) in [5.41, 5.74) is 3.58. The lowest BCUT2D eigenvalue weighted by Gasteiger charge is -2.04. The van der Waals surface area contributed by atoms with Crippen molar-refractivity contribution in [1.29, 1.82) is 0 Å². The minimum absolute atomic E-state index is 0.909. The molecular formula is C23H21NS2. The Kier molecular flexibility index (Phi) is 7.17. The monoisotopic (exact) mass is 375 g/mol. The average molecular weight is 376 g/mol. The molecule has 0 saturated carbocycles. The van der Waals surface area contributed by atoms with Crippen molar-refractivity contribution in [3.05, 3.63) is 108 Å². The number of rotatable bonds is 6. The maximum Gasteiger partial charge on any atom is 0.0975 e. The molecule has 0 unspecified atom stereocenters. The summed E-state index contributed by atoms with van der Waals surface area (Å²) in [5.74, 6) is 0.909. The second-order valence-electron chi connectivity index (χ2n) is 5.75. The van der Waals surface area contributed by atoms with E-state index >= 15 is 0 Å². The van der Waals surface area contributed by atoms with Crippen LogP contribution >= 0.6 is 23.5 Å². The molecule has 3 rings (SSSR count). The summed E-state index contributed by atoms with van der Waals surface area (Å²) >= 11 is 3.49. The fraction of sp³-hybridized carbons (Fsp3) is 0.0870. The smallest absolute Gasteiger partial charge is 0.0975 e. The first kappa shape index (κ1) is 18.6. The largest absolute Gasteiger partial charge is 0.242 e. The third-order valence-electron chi connectivity index (χ3n) is 3.72. The van der Waals surface area contributed by atoms with Crippen molar-refractivity contribution in [1.82, 2.24) is 0 Å². The standard InChI is InChI=1S/C23H21NS2/c1-19-10-8-9-15-22(19)25-17-16-23(24-21-13-6-3-7-14-21)26-18-20-11-4-2-5-12-20/h2-17H,18H2,1H3. The van der Waals surface area contributed by atoms with E-state index in [0.717, 1.165) is 16.5 Å². The van der Waals surface area contributed by atoms with Crippen LogP contribution in [0.3, 0.4) is 0 Å². The molecule has 26 heavy (non-hydrogen) atoms. The van der Waals surface area contributed by atoms with Gasteiger partial charge in [-0.3, -0.25) is 0 Å². The quantitative estimate of drug-likeness (QED) is 0.255. The van der Waals surface area contributed by atoms with Crippen molar-refractivity contribution in [2.45, 2.75) is 17.6 Å². The highest BCUT2D eigenvalue weighted by Crippen LogP contribution is 2.25. The highest BCUT2D eigenvalue weighted by molar-refractivity contribution is 8.13. The molecule has 0 aliphatic carbocycles. The Morgan fingerprint density at radius 2 is 1.50 bits per heavy atom. The molecule has 1 nitrogen and oxygen atoms in total. The Morgan fingerprint density at radius 3 is 2.23 bits per heavy atom. The number of benzene rings is 3. The predicted octanol–water partition coefficient (Wildman–Crippen LogP) is 7.26. The van der Waals surface area contributed by atoms with Crippen LogP contribution in [0, 0.1) is 6.92 Å². The average Bonchev–Trinajstić information content (AvgIpc) is 2.69. The summed E-state index contributed by atoms with van der Waals surface area (Å²) in [5, 5.41) is 3.14. The molecule has 0 aliphatic heterocycles. The van der Waals surface area contributed by atoms with E-state index in [9.17, 15) is 0 Å². The van der Waals surface area contributed by atoms with Crippen molar-refractivity contribution in [2.24, 2.45) is 4.99 Å². The van der Waals surface area contributed by atoms with Gasteiger partial charge in [0.2, 0.25) is 0 Å². The minimum Gasteiger partial charge on any atom is -0.242 e. The van der Waals surface area contributed by atoms with Crippen LogP contribution in [0.5, 0.6) is 0 Å². The van der Waals surface area contributed by atoms with Crippen LogP contribution < -0.4 is 0 Å². The third kappa shape index (κ3) is 5.94. The molecule has 0 aliphatic rings. The van der Waals surface area contributed by atoms with Crippen molar-refractivity contribution in [2.75, 3.05) is 0 Å². The van der Waals surface area contributed by atoms with E-state index in [-0.39, 0.29) is 0 Å². The van der Waals surface area contributed by atoms with E-state index in [1.807, 2.05) is 36.4 Å². The molecule has 3 aromatic rings. The van der Waals surface area contributed by atoms with Gasteiger partial charge < -0.3 is 0 Å². The van der Waals surface area contributed by atoms with Gasteiger partial charge in [-0.25, -0.2) is 4.99 Å². The molecule has 0 amide bonds. The summed E-state index contributed by atoms with van der Waals surface area (Å²) in [4.78, 5) is 6.08. The van der Waals surface area contributed by atoms with Crippen LogP contribution in [0.2, 0.25) is 0 Å². The third-order valence-corrected chi connectivity index (χ3v) is 5.71. The fourth-order valence-corrected chi connectivity index (χ4v) is 4.02. The lowest BCUT2D eigenvalue weighted by molar-refractivity contribution is 1.31. The minimum atomic E-state index is 0.909. The van der Waals surface area contributed by atoms with E-state index in [2.05, 4.69) is 66.9 Å². The second kappa shape index (κ2) is 10.0. The molecule has 0 heterocycles. The van der Waals surface area contributed by atoms with Crippen LogP contribution in [0.25, 0.3) is 0 Å². The zero-order valence-corrected chi connectivity index (χ0v) is 16.3. The normalized spacial score (nSPS) is 11.8. The number of para-hydroxylation sites is 1.